The zero-order chi connectivity index (χ0) is 18.2. The highest BCUT2D eigenvalue weighted by Gasteiger charge is 2.15. The van der Waals surface area contributed by atoms with E-state index in [9.17, 15) is 4.39 Å². The summed E-state index contributed by atoms with van der Waals surface area (Å²) in [6, 6.07) is 11.0. The van der Waals surface area contributed by atoms with Crippen molar-refractivity contribution in [3.8, 4) is 0 Å². The molecule has 0 bridgehead atoms. The molecule has 0 saturated heterocycles. The maximum atomic E-state index is 13.2. The fourth-order valence-electron chi connectivity index (χ4n) is 2.62. The molecule has 0 aliphatic rings. The summed E-state index contributed by atoms with van der Waals surface area (Å²) in [4.78, 5) is 7.77. The van der Waals surface area contributed by atoms with E-state index in [0.717, 1.165) is 18.1 Å². The second-order valence-corrected chi connectivity index (χ2v) is 7.26. The summed E-state index contributed by atoms with van der Waals surface area (Å²) in [5.41, 5.74) is 1.07. The molecule has 0 spiro atoms. The average molecular weight is 363 g/mol. The SMILES string of the molecule is CN=C(NCC(C)c1cccs1)NCC(c1ccc(F)cc1)N(C)C. The van der Waals surface area contributed by atoms with Crippen molar-refractivity contribution in [3.05, 3.63) is 58.0 Å². The lowest BCUT2D eigenvalue weighted by Crippen LogP contribution is -2.42. The Morgan fingerprint density at radius 3 is 2.40 bits per heavy atom. The summed E-state index contributed by atoms with van der Waals surface area (Å²) < 4.78 is 13.2. The van der Waals surface area contributed by atoms with Gasteiger partial charge in [-0.15, -0.1) is 11.3 Å². The van der Waals surface area contributed by atoms with Gasteiger partial charge in [-0.1, -0.05) is 25.1 Å². The molecule has 1 aromatic carbocycles. The molecule has 0 saturated carbocycles. The van der Waals surface area contributed by atoms with E-state index in [1.54, 1.807) is 18.4 Å². The Bertz CT molecular complexity index is 653. The Kier molecular flexibility index (Phi) is 7.40. The van der Waals surface area contributed by atoms with Crippen molar-refractivity contribution in [1.82, 2.24) is 15.5 Å². The van der Waals surface area contributed by atoms with Crippen molar-refractivity contribution in [3.63, 3.8) is 0 Å². The summed E-state index contributed by atoms with van der Waals surface area (Å²) in [5, 5.41) is 8.85. The first-order chi connectivity index (χ1) is 12.0. The van der Waals surface area contributed by atoms with Crippen molar-refractivity contribution in [1.29, 1.82) is 0 Å². The lowest BCUT2D eigenvalue weighted by molar-refractivity contribution is 0.298. The zero-order valence-electron chi connectivity index (χ0n) is 15.3. The molecule has 0 radical (unpaired) electrons. The van der Waals surface area contributed by atoms with Crippen LogP contribution >= 0.6 is 11.3 Å². The number of nitrogens with one attached hydrogen (secondary N) is 2. The van der Waals surface area contributed by atoms with Gasteiger partial charge in [-0.25, -0.2) is 4.39 Å². The number of nitrogens with zero attached hydrogens (tertiary/aromatic N) is 2. The first-order valence-electron chi connectivity index (χ1n) is 8.41. The largest absolute Gasteiger partial charge is 0.356 e. The molecule has 1 aromatic heterocycles. The van der Waals surface area contributed by atoms with E-state index in [1.165, 1.54) is 17.0 Å². The van der Waals surface area contributed by atoms with Crippen LogP contribution in [0.3, 0.4) is 0 Å². The third-order valence-electron chi connectivity index (χ3n) is 4.17. The fourth-order valence-corrected chi connectivity index (χ4v) is 3.41. The number of guanidine groups is 1. The molecule has 2 N–H and O–H groups in total. The lowest BCUT2D eigenvalue weighted by atomic mass is 10.1. The fraction of sp³-hybridized carbons (Fsp3) is 0.421. The number of halogens is 1. The minimum absolute atomic E-state index is 0.133. The van der Waals surface area contributed by atoms with Crippen LogP contribution in [0, 0.1) is 5.82 Å². The molecule has 2 rings (SSSR count). The average Bonchev–Trinajstić information content (AvgIpc) is 3.13. The van der Waals surface area contributed by atoms with Gasteiger partial charge in [0.25, 0.3) is 0 Å². The van der Waals surface area contributed by atoms with Crippen LogP contribution in [-0.4, -0.2) is 45.1 Å². The number of hydrogen-bond acceptors (Lipinski definition) is 3. The Balaban J connectivity index is 1.90. The molecule has 2 aromatic rings. The second kappa shape index (κ2) is 9.53. The number of aliphatic imine (C=N–C) groups is 1. The summed E-state index contributed by atoms with van der Waals surface area (Å²) in [6.07, 6.45) is 0. The number of hydrogen-bond donors (Lipinski definition) is 2. The molecule has 6 heteroatoms. The van der Waals surface area contributed by atoms with E-state index in [2.05, 4.69) is 45.0 Å². The molecule has 1 heterocycles. The van der Waals surface area contributed by atoms with Crippen LogP contribution in [0.1, 0.15) is 29.3 Å². The van der Waals surface area contributed by atoms with Gasteiger partial charge in [-0.05, 0) is 43.2 Å². The second-order valence-electron chi connectivity index (χ2n) is 6.28. The quantitative estimate of drug-likeness (QED) is 0.585. The minimum atomic E-state index is -0.214. The molecule has 136 valence electrons. The van der Waals surface area contributed by atoms with Crippen LogP contribution in [-0.2, 0) is 0 Å². The van der Waals surface area contributed by atoms with Gasteiger partial charge in [0.1, 0.15) is 5.82 Å². The smallest absolute Gasteiger partial charge is 0.191 e. The topological polar surface area (TPSA) is 39.7 Å². The molecule has 2 unspecified atom stereocenters. The van der Waals surface area contributed by atoms with Gasteiger partial charge in [-0.3, -0.25) is 4.99 Å². The zero-order valence-corrected chi connectivity index (χ0v) is 16.1. The molecule has 25 heavy (non-hydrogen) atoms. The Morgan fingerprint density at radius 2 is 1.84 bits per heavy atom. The summed E-state index contributed by atoms with van der Waals surface area (Å²) in [5.74, 6) is 0.993. The van der Waals surface area contributed by atoms with Crippen molar-refractivity contribution < 1.29 is 4.39 Å². The summed E-state index contributed by atoms with van der Waals surface area (Å²) >= 11 is 1.77. The number of thiophene rings is 1. The first-order valence-corrected chi connectivity index (χ1v) is 9.29. The number of likely N-dealkylation sites (N-methyl/N-ethyl adjacent to an activating group) is 1. The van der Waals surface area contributed by atoms with E-state index in [1.807, 2.05) is 26.2 Å². The van der Waals surface area contributed by atoms with Crippen molar-refractivity contribution in [2.75, 3.05) is 34.2 Å². The highest BCUT2D eigenvalue weighted by molar-refractivity contribution is 7.10. The van der Waals surface area contributed by atoms with Gasteiger partial charge in [0.05, 0.1) is 6.04 Å². The number of rotatable bonds is 7. The summed E-state index contributed by atoms with van der Waals surface area (Å²) in [7, 11) is 5.81. The lowest BCUT2D eigenvalue weighted by Gasteiger charge is -2.26. The third kappa shape index (κ3) is 5.83. The molecule has 0 aliphatic carbocycles. The van der Waals surface area contributed by atoms with Crippen LogP contribution in [0.5, 0.6) is 0 Å². The van der Waals surface area contributed by atoms with Gasteiger partial charge >= 0.3 is 0 Å². The van der Waals surface area contributed by atoms with E-state index in [4.69, 9.17) is 0 Å². The van der Waals surface area contributed by atoms with Crippen molar-refractivity contribution in [2.45, 2.75) is 18.9 Å². The van der Waals surface area contributed by atoms with Gasteiger partial charge in [0.2, 0.25) is 0 Å². The van der Waals surface area contributed by atoms with Crippen LogP contribution < -0.4 is 10.6 Å². The molecule has 2 atom stereocenters. The molecule has 0 amide bonds. The predicted molar refractivity (Wildman–Crippen MR) is 105 cm³/mol. The Labute approximate surface area is 153 Å². The van der Waals surface area contributed by atoms with Crippen molar-refractivity contribution in [2.24, 2.45) is 4.99 Å². The maximum Gasteiger partial charge on any atom is 0.191 e. The normalized spacial score (nSPS) is 14.4. The molecule has 0 aliphatic heterocycles. The highest BCUT2D eigenvalue weighted by atomic mass is 32.1. The van der Waals surface area contributed by atoms with E-state index >= 15 is 0 Å². The maximum absolute atomic E-state index is 13.2. The van der Waals surface area contributed by atoms with E-state index in [-0.39, 0.29) is 11.9 Å². The predicted octanol–water partition coefficient (Wildman–Crippen LogP) is 3.46. The molecular weight excluding hydrogens is 335 g/mol. The van der Waals surface area contributed by atoms with Crippen LogP contribution in [0.4, 0.5) is 4.39 Å². The number of benzene rings is 1. The van der Waals surface area contributed by atoms with Crippen LogP contribution in [0.25, 0.3) is 0 Å². The standard InChI is InChI=1S/C19H27FN4S/c1-14(18-6-5-11-25-18)12-22-19(21-2)23-13-17(24(3)4)15-7-9-16(20)10-8-15/h5-11,14,17H,12-13H2,1-4H3,(H2,21,22,23). The van der Waals surface area contributed by atoms with Gasteiger partial charge in [0, 0.05) is 30.9 Å². The van der Waals surface area contributed by atoms with Crippen molar-refractivity contribution >= 4 is 17.3 Å². The van der Waals surface area contributed by atoms with E-state index in [0.29, 0.717) is 12.5 Å². The Hall–Kier alpha value is -1.92. The Morgan fingerprint density at radius 1 is 1.16 bits per heavy atom. The third-order valence-corrected chi connectivity index (χ3v) is 5.27. The van der Waals surface area contributed by atoms with Gasteiger partial charge < -0.3 is 15.5 Å². The minimum Gasteiger partial charge on any atom is -0.356 e. The highest BCUT2D eigenvalue weighted by Crippen LogP contribution is 2.20. The molecule has 4 nitrogen and oxygen atoms in total. The molecular formula is C19H27FN4S. The summed E-state index contributed by atoms with van der Waals surface area (Å²) in [6.45, 7) is 3.71. The van der Waals surface area contributed by atoms with Crippen LogP contribution in [0.2, 0.25) is 0 Å². The van der Waals surface area contributed by atoms with Crippen LogP contribution in [0.15, 0.2) is 46.8 Å². The first kappa shape index (κ1) is 19.4. The van der Waals surface area contributed by atoms with Gasteiger partial charge in [0.15, 0.2) is 5.96 Å². The monoisotopic (exact) mass is 362 g/mol. The molecule has 0 fully saturated rings. The van der Waals surface area contributed by atoms with E-state index < -0.39 is 0 Å². The van der Waals surface area contributed by atoms with Gasteiger partial charge in [-0.2, -0.15) is 0 Å².